The molecular weight excluding hydrogens is 124 g/mol. The molecule has 0 radical (unpaired) electrons. The van der Waals surface area contributed by atoms with Gasteiger partial charge in [-0.25, -0.2) is 0 Å². The lowest BCUT2D eigenvalue weighted by atomic mass is 10.3. The van der Waals surface area contributed by atoms with Crippen LogP contribution in [0.25, 0.3) is 5.32 Å². The van der Waals surface area contributed by atoms with Crippen LogP contribution in [-0.2, 0) is 0 Å². The van der Waals surface area contributed by atoms with Crippen LogP contribution in [0.2, 0.25) is 0 Å². The summed E-state index contributed by atoms with van der Waals surface area (Å²) < 4.78 is 0. The Kier molecular flexibility index (Phi) is 2.15. The minimum absolute atomic E-state index is 0.754. The molecule has 10 heavy (non-hydrogen) atoms. The van der Waals surface area contributed by atoms with Gasteiger partial charge in [0.1, 0.15) is 0 Å². The molecule has 0 fully saturated rings. The van der Waals surface area contributed by atoms with E-state index in [-0.39, 0.29) is 0 Å². The third kappa shape index (κ3) is 1.41. The summed E-state index contributed by atoms with van der Waals surface area (Å²) in [6.45, 7) is 2.78. The Morgan fingerprint density at radius 1 is 1.40 bits per heavy atom. The van der Waals surface area contributed by atoms with Crippen molar-refractivity contribution in [2.75, 3.05) is 12.3 Å². The summed E-state index contributed by atoms with van der Waals surface area (Å²) in [5, 5.41) is 4.18. The molecule has 0 unspecified atom stereocenters. The van der Waals surface area contributed by atoms with Crippen molar-refractivity contribution in [2.45, 2.75) is 6.92 Å². The predicted octanol–water partition coefficient (Wildman–Crippen LogP) is 2.29. The second kappa shape index (κ2) is 3.11. The summed E-state index contributed by atoms with van der Waals surface area (Å²) in [5.41, 5.74) is 7.26. The molecule has 0 saturated carbocycles. The van der Waals surface area contributed by atoms with Gasteiger partial charge in [-0.2, -0.15) is 0 Å². The van der Waals surface area contributed by atoms with Gasteiger partial charge in [0.15, 0.2) is 0 Å². The molecule has 1 rings (SSSR count). The number of benzene rings is 1. The van der Waals surface area contributed by atoms with Crippen LogP contribution >= 0.6 is 0 Å². The summed E-state index contributed by atoms with van der Waals surface area (Å²) in [4.78, 5) is 0. The minimum Gasteiger partial charge on any atom is -0.683 e. The van der Waals surface area contributed by atoms with Crippen molar-refractivity contribution in [2.24, 2.45) is 0 Å². The van der Waals surface area contributed by atoms with Crippen LogP contribution in [0, 0.1) is 0 Å². The van der Waals surface area contributed by atoms with Crippen molar-refractivity contribution in [1.82, 2.24) is 0 Å². The van der Waals surface area contributed by atoms with Crippen LogP contribution < -0.4 is 5.73 Å². The summed E-state index contributed by atoms with van der Waals surface area (Å²) in [5.74, 6) is 0. The minimum atomic E-state index is 0.754. The largest absolute Gasteiger partial charge is 0.683 e. The Morgan fingerprint density at radius 3 is 2.70 bits per heavy atom. The van der Waals surface area contributed by atoms with Crippen molar-refractivity contribution >= 4 is 11.4 Å². The fourth-order valence-electron chi connectivity index (χ4n) is 0.802. The van der Waals surface area contributed by atoms with Gasteiger partial charge in [-0.05, 0) is 6.07 Å². The van der Waals surface area contributed by atoms with E-state index in [9.17, 15) is 0 Å². The zero-order valence-corrected chi connectivity index (χ0v) is 6.04. The van der Waals surface area contributed by atoms with Gasteiger partial charge in [0.2, 0.25) is 0 Å². The molecule has 1 aromatic rings. The molecule has 2 nitrogen and oxygen atoms in total. The molecule has 0 heterocycles. The SMILES string of the molecule is CC[N-]c1ccccc1N. The van der Waals surface area contributed by atoms with Gasteiger partial charge in [-0.3, -0.25) is 0 Å². The molecule has 0 aromatic heterocycles. The third-order valence-corrected chi connectivity index (χ3v) is 1.27. The number of hydrogen-bond acceptors (Lipinski definition) is 1. The lowest BCUT2D eigenvalue weighted by Crippen LogP contribution is -1.85. The van der Waals surface area contributed by atoms with E-state index >= 15 is 0 Å². The molecule has 0 spiro atoms. The lowest BCUT2D eigenvalue weighted by molar-refractivity contribution is 1.29. The van der Waals surface area contributed by atoms with E-state index < -0.39 is 0 Å². The fourth-order valence-corrected chi connectivity index (χ4v) is 0.802. The van der Waals surface area contributed by atoms with E-state index in [2.05, 4.69) is 5.32 Å². The number of nitrogens with zero attached hydrogens (tertiary/aromatic N) is 1. The molecule has 2 N–H and O–H groups in total. The van der Waals surface area contributed by atoms with Crippen LogP contribution in [0.3, 0.4) is 0 Å². The molecule has 0 atom stereocenters. The van der Waals surface area contributed by atoms with Gasteiger partial charge < -0.3 is 11.1 Å². The highest BCUT2D eigenvalue weighted by Crippen LogP contribution is 2.24. The van der Waals surface area contributed by atoms with Gasteiger partial charge in [-0.1, -0.05) is 25.1 Å². The topological polar surface area (TPSA) is 40.1 Å². The zero-order valence-electron chi connectivity index (χ0n) is 6.04. The second-order valence-corrected chi connectivity index (χ2v) is 2.03. The molecule has 0 bridgehead atoms. The molecule has 0 aliphatic rings. The Morgan fingerprint density at radius 2 is 2.10 bits per heavy atom. The van der Waals surface area contributed by atoms with Crippen LogP contribution in [0.1, 0.15) is 6.92 Å². The van der Waals surface area contributed by atoms with Crippen LogP contribution in [0.4, 0.5) is 11.4 Å². The van der Waals surface area contributed by atoms with E-state index in [1.807, 2.05) is 31.2 Å². The highest BCUT2D eigenvalue weighted by atomic mass is 14.9. The first-order valence-electron chi connectivity index (χ1n) is 3.36. The van der Waals surface area contributed by atoms with Crippen molar-refractivity contribution in [3.63, 3.8) is 0 Å². The normalized spacial score (nSPS) is 9.30. The van der Waals surface area contributed by atoms with Crippen molar-refractivity contribution < 1.29 is 0 Å². The van der Waals surface area contributed by atoms with Crippen molar-refractivity contribution in [1.29, 1.82) is 0 Å². The zero-order chi connectivity index (χ0) is 7.40. The molecule has 0 aliphatic carbocycles. The summed E-state index contributed by atoms with van der Waals surface area (Å²) in [7, 11) is 0. The fraction of sp³-hybridized carbons (Fsp3) is 0.250. The quantitative estimate of drug-likeness (QED) is 0.621. The standard InChI is InChI=1S/C8H11N2/c1-2-10-8-6-4-3-5-7(8)9/h3-6H,2,9H2,1H3/q-1. The number of nitrogen functional groups attached to an aromatic ring is 1. The van der Waals surface area contributed by atoms with Gasteiger partial charge >= 0.3 is 0 Å². The Bertz CT molecular complexity index is 208. The molecule has 0 aliphatic heterocycles. The summed E-state index contributed by atoms with van der Waals surface area (Å²) >= 11 is 0. The molecule has 0 amide bonds. The van der Waals surface area contributed by atoms with Gasteiger partial charge in [0.05, 0.1) is 0 Å². The molecular formula is C8H11N2-. The molecule has 1 aromatic carbocycles. The van der Waals surface area contributed by atoms with Crippen molar-refractivity contribution in [3.8, 4) is 0 Å². The maximum atomic E-state index is 5.61. The molecule has 0 saturated heterocycles. The van der Waals surface area contributed by atoms with Gasteiger partial charge in [0.25, 0.3) is 0 Å². The first kappa shape index (κ1) is 6.93. The number of nitrogens with two attached hydrogens (primary N) is 1. The Labute approximate surface area is 61.1 Å². The van der Waals surface area contributed by atoms with Crippen LogP contribution in [0.5, 0.6) is 0 Å². The number of rotatable bonds is 2. The van der Waals surface area contributed by atoms with Crippen LogP contribution in [-0.4, -0.2) is 6.54 Å². The average molecular weight is 135 g/mol. The lowest BCUT2D eigenvalue weighted by Gasteiger charge is -2.19. The average Bonchev–Trinajstić information content (AvgIpc) is 1.94. The van der Waals surface area contributed by atoms with E-state index in [1.165, 1.54) is 0 Å². The third-order valence-electron chi connectivity index (χ3n) is 1.27. The smallest absolute Gasteiger partial charge is 0.0162 e. The summed E-state index contributed by atoms with van der Waals surface area (Å²) in [6, 6.07) is 7.61. The van der Waals surface area contributed by atoms with E-state index in [0.29, 0.717) is 0 Å². The monoisotopic (exact) mass is 135 g/mol. The van der Waals surface area contributed by atoms with E-state index in [1.54, 1.807) is 0 Å². The van der Waals surface area contributed by atoms with E-state index in [4.69, 9.17) is 5.73 Å². The number of anilines is 1. The predicted molar refractivity (Wildman–Crippen MR) is 44.4 cm³/mol. The maximum Gasteiger partial charge on any atom is 0.0162 e. The Balaban J connectivity index is 2.81. The maximum absolute atomic E-state index is 5.61. The van der Waals surface area contributed by atoms with E-state index in [0.717, 1.165) is 17.9 Å². The Hall–Kier alpha value is -1.18. The first-order chi connectivity index (χ1) is 4.84. The summed E-state index contributed by atoms with van der Waals surface area (Å²) in [6.07, 6.45) is 0. The van der Waals surface area contributed by atoms with Gasteiger partial charge in [0, 0.05) is 5.69 Å². The number of hydrogen-bond donors (Lipinski definition) is 1. The molecule has 54 valence electrons. The highest BCUT2D eigenvalue weighted by molar-refractivity contribution is 5.68. The highest BCUT2D eigenvalue weighted by Gasteiger charge is 1.82. The second-order valence-electron chi connectivity index (χ2n) is 2.03. The number of para-hydroxylation sites is 2. The molecule has 2 heteroatoms. The first-order valence-corrected chi connectivity index (χ1v) is 3.36. The van der Waals surface area contributed by atoms with Crippen LogP contribution in [0.15, 0.2) is 24.3 Å². The van der Waals surface area contributed by atoms with Gasteiger partial charge in [-0.15, -0.1) is 12.2 Å². The van der Waals surface area contributed by atoms with Crippen molar-refractivity contribution in [3.05, 3.63) is 29.6 Å².